The Hall–Kier alpha value is -3.29. The number of aryl methyl sites for hydroxylation is 1. The summed E-state index contributed by atoms with van der Waals surface area (Å²) in [6, 6.07) is 9.52. The molecule has 1 aliphatic carbocycles. The van der Waals surface area contributed by atoms with Gasteiger partial charge in [-0.2, -0.15) is 0 Å². The van der Waals surface area contributed by atoms with Crippen molar-refractivity contribution in [1.29, 1.82) is 0 Å². The molecule has 0 spiro atoms. The van der Waals surface area contributed by atoms with Crippen LogP contribution in [0.5, 0.6) is 11.6 Å². The fraction of sp³-hybridized carbons (Fsp3) is 0.536. The lowest BCUT2D eigenvalue weighted by Gasteiger charge is -2.29. The number of alkyl carbamates (subject to hydrolysis) is 1. The number of nitrogens with zero attached hydrogens (tertiary/aromatic N) is 1. The molecule has 0 radical (unpaired) electrons. The number of carbonyl (C=O) groups is 2. The molecule has 1 heterocycles. The Kier molecular flexibility index (Phi) is 9.18. The Morgan fingerprint density at radius 3 is 2.47 bits per heavy atom. The van der Waals surface area contributed by atoms with Crippen LogP contribution in [-0.2, 0) is 9.53 Å². The third kappa shape index (κ3) is 7.60. The Balaban J connectivity index is 1.68. The molecule has 2 N–H and O–H groups in total. The van der Waals surface area contributed by atoms with Crippen LogP contribution >= 0.6 is 0 Å². The molecule has 8 nitrogen and oxygen atoms in total. The molecule has 0 atom stereocenters. The van der Waals surface area contributed by atoms with Gasteiger partial charge < -0.3 is 24.8 Å². The predicted octanol–water partition coefficient (Wildman–Crippen LogP) is 5.88. The van der Waals surface area contributed by atoms with Crippen molar-refractivity contribution in [2.24, 2.45) is 5.92 Å². The summed E-state index contributed by atoms with van der Waals surface area (Å²) in [7, 11) is 1.56. The maximum absolute atomic E-state index is 13.1. The summed E-state index contributed by atoms with van der Waals surface area (Å²) in [6.45, 7) is 10.2. The zero-order chi connectivity index (χ0) is 26.3. The van der Waals surface area contributed by atoms with Gasteiger partial charge in [0.05, 0.1) is 19.4 Å². The zero-order valence-corrected chi connectivity index (χ0v) is 22.3. The van der Waals surface area contributed by atoms with Crippen molar-refractivity contribution in [1.82, 2.24) is 10.3 Å². The van der Waals surface area contributed by atoms with E-state index in [1.54, 1.807) is 13.2 Å². The Labute approximate surface area is 214 Å². The van der Waals surface area contributed by atoms with E-state index in [2.05, 4.69) is 22.5 Å². The van der Waals surface area contributed by atoms with E-state index in [0.717, 1.165) is 36.1 Å². The lowest BCUT2D eigenvalue weighted by molar-refractivity contribution is -0.120. The van der Waals surface area contributed by atoms with E-state index in [0.29, 0.717) is 36.7 Å². The number of ether oxygens (including phenoxy) is 3. The van der Waals surface area contributed by atoms with Gasteiger partial charge >= 0.3 is 6.09 Å². The van der Waals surface area contributed by atoms with Crippen LogP contribution < -0.4 is 20.1 Å². The predicted molar refractivity (Wildman–Crippen MR) is 140 cm³/mol. The summed E-state index contributed by atoms with van der Waals surface area (Å²) < 4.78 is 16.8. The van der Waals surface area contributed by atoms with Crippen LogP contribution in [0.2, 0.25) is 0 Å². The maximum atomic E-state index is 13.1. The van der Waals surface area contributed by atoms with E-state index in [9.17, 15) is 9.59 Å². The van der Waals surface area contributed by atoms with Crippen LogP contribution in [0.15, 0.2) is 30.3 Å². The van der Waals surface area contributed by atoms with Crippen LogP contribution in [0.3, 0.4) is 0 Å². The Morgan fingerprint density at radius 2 is 1.83 bits per heavy atom. The number of para-hydroxylation sites is 1. The number of nitrogens with one attached hydrogen (secondary N) is 2. The number of benzene rings is 1. The largest absolute Gasteiger partial charge is 0.493 e. The minimum atomic E-state index is -0.535. The standard InChI is InChI=1S/C28H39N3O5/c1-7-15-35-25-18(2)9-8-10-22(25)23-16-21(17-24(31-23)34-6)29-26(32)19-11-13-20(14-12-19)30-27(33)36-28(3,4)5/h8-10,16-17,19-20H,7,11-15H2,1-6H3,(H,30,33)(H,29,31,32). The van der Waals surface area contributed by atoms with Gasteiger partial charge in [-0.15, -0.1) is 0 Å². The molecule has 196 valence electrons. The molecule has 36 heavy (non-hydrogen) atoms. The Morgan fingerprint density at radius 1 is 1.11 bits per heavy atom. The molecule has 1 aromatic heterocycles. The molecular formula is C28H39N3O5. The first-order valence-corrected chi connectivity index (χ1v) is 12.7. The summed E-state index contributed by atoms with van der Waals surface area (Å²) >= 11 is 0. The van der Waals surface area contributed by atoms with Crippen molar-refractivity contribution in [3.8, 4) is 22.9 Å². The first kappa shape index (κ1) is 27.3. The summed E-state index contributed by atoms with van der Waals surface area (Å²) in [5.41, 5.74) is 2.63. The van der Waals surface area contributed by atoms with Crippen molar-refractivity contribution in [2.45, 2.75) is 78.4 Å². The molecule has 8 heteroatoms. The van der Waals surface area contributed by atoms with Gasteiger partial charge in [-0.1, -0.05) is 19.1 Å². The monoisotopic (exact) mass is 497 g/mol. The lowest BCUT2D eigenvalue weighted by Crippen LogP contribution is -2.42. The van der Waals surface area contributed by atoms with E-state index < -0.39 is 11.7 Å². The highest BCUT2D eigenvalue weighted by Gasteiger charge is 2.28. The number of anilines is 1. The van der Waals surface area contributed by atoms with Crippen molar-refractivity contribution < 1.29 is 23.8 Å². The van der Waals surface area contributed by atoms with Crippen LogP contribution in [0.1, 0.15) is 65.4 Å². The van der Waals surface area contributed by atoms with E-state index in [-0.39, 0.29) is 17.9 Å². The topological polar surface area (TPSA) is 98.8 Å². The van der Waals surface area contributed by atoms with Gasteiger partial charge in [0, 0.05) is 29.3 Å². The summed E-state index contributed by atoms with van der Waals surface area (Å²) in [5.74, 6) is 1.02. The second-order valence-corrected chi connectivity index (χ2v) is 10.3. The van der Waals surface area contributed by atoms with E-state index in [1.165, 1.54) is 0 Å². The number of rotatable bonds is 8. The van der Waals surface area contributed by atoms with Crippen LogP contribution in [0.25, 0.3) is 11.3 Å². The van der Waals surface area contributed by atoms with Crippen LogP contribution in [0, 0.1) is 12.8 Å². The summed E-state index contributed by atoms with van der Waals surface area (Å²) in [5, 5.41) is 5.97. The van der Waals surface area contributed by atoms with Crippen molar-refractivity contribution in [3.63, 3.8) is 0 Å². The minimum Gasteiger partial charge on any atom is -0.493 e. The Bertz CT molecular complexity index is 1060. The van der Waals surface area contributed by atoms with Gasteiger partial charge in [-0.05, 0) is 77.5 Å². The quantitative estimate of drug-likeness (QED) is 0.473. The smallest absolute Gasteiger partial charge is 0.407 e. The highest BCUT2D eigenvalue weighted by atomic mass is 16.6. The molecule has 1 fully saturated rings. The second-order valence-electron chi connectivity index (χ2n) is 10.3. The van der Waals surface area contributed by atoms with Gasteiger partial charge in [-0.3, -0.25) is 4.79 Å². The molecule has 0 unspecified atom stereocenters. The average Bonchev–Trinajstić information content (AvgIpc) is 2.82. The SMILES string of the molecule is CCCOc1c(C)cccc1-c1cc(NC(=O)C2CCC(NC(=O)OC(C)(C)C)CC2)cc(OC)n1. The molecule has 3 rings (SSSR count). The molecule has 1 aromatic carbocycles. The van der Waals surface area contributed by atoms with Gasteiger partial charge in [0.25, 0.3) is 0 Å². The number of hydrogen-bond acceptors (Lipinski definition) is 6. The fourth-order valence-corrected chi connectivity index (χ4v) is 4.29. The van der Waals surface area contributed by atoms with Crippen LogP contribution in [-0.4, -0.2) is 42.3 Å². The normalized spacial score (nSPS) is 17.7. The summed E-state index contributed by atoms with van der Waals surface area (Å²) in [6.07, 6.45) is 3.32. The summed E-state index contributed by atoms with van der Waals surface area (Å²) in [4.78, 5) is 29.8. The van der Waals surface area contributed by atoms with Gasteiger partial charge in [0.2, 0.25) is 11.8 Å². The second kappa shape index (κ2) is 12.1. The maximum Gasteiger partial charge on any atom is 0.407 e. The van der Waals surface area contributed by atoms with Crippen LogP contribution in [0.4, 0.5) is 10.5 Å². The zero-order valence-electron chi connectivity index (χ0n) is 22.3. The van der Waals surface area contributed by atoms with Gasteiger partial charge in [-0.25, -0.2) is 9.78 Å². The number of pyridine rings is 1. The molecule has 2 aromatic rings. The molecular weight excluding hydrogens is 458 g/mol. The molecule has 2 amide bonds. The molecule has 0 aliphatic heterocycles. The fourth-order valence-electron chi connectivity index (χ4n) is 4.29. The number of amides is 2. The lowest BCUT2D eigenvalue weighted by atomic mass is 9.85. The van der Waals surface area contributed by atoms with E-state index in [1.807, 2.05) is 52.0 Å². The van der Waals surface area contributed by atoms with E-state index in [4.69, 9.17) is 14.2 Å². The third-order valence-electron chi connectivity index (χ3n) is 6.04. The van der Waals surface area contributed by atoms with Crippen molar-refractivity contribution >= 4 is 17.7 Å². The highest BCUT2D eigenvalue weighted by molar-refractivity contribution is 5.93. The molecule has 1 aliphatic rings. The minimum absolute atomic E-state index is 0.0133. The molecule has 0 bridgehead atoms. The first-order chi connectivity index (χ1) is 17.1. The van der Waals surface area contributed by atoms with Gasteiger partial charge in [0.15, 0.2) is 0 Å². The molecule has 0 saturated heterocycles. The van der Waals surface area contributed by atoms with Gasteiger partial charge in [0.1, 0.15) is 11.4 Å². The molecule has 1 saturated carbocycles. The number of hydrogen-bond donors (Lipinski definition) is 2. The number of methoxy groups -OCH3 is 1. The average molecular weight is 498 g/mol. The highest BCUT2D eigenvalue weighted by Crippen LogP contribution is 2.35. The first-order valence-electron chi connectivity index (χ1n) is 12.7. The van der Waals surface area contributed by atoms with Crippen molar-refractivity contribution in [3.05, 3.63) is 35.9 Å². The number of aromatic nitrogens is 1. The van der Waals surface area contributed by atoms with E-state index >= 15 is 0 Å². The third-order valence-corrected chi connectivity index (χ3v) is 6.04. The van der Waals surface area contributed by atoms with Crippen molar-refractivity contribution in [2.75, 3.05) is 19.0 Å². The number of carbonyl (C=O) groups excluding carboxylic acids is 2.